The van der Waals surface area contributed by atoms with Gasteiger partial charge in [0.25, 0.3) is 5.91 Å². The van der Waals surface area contributed by atoms with E-state index in [1.165, 1.54) is 0 Å². The summed E-state index contributed by atoms with van der Waals surface area (Å²) in [4.78, 5) is 21.9. The van der Waals surface area contributed by atoms with E-state index < -0.39 is 0 Å². The quantitative estimate of drug-likeness (QED) is 0.438. The first-order valence-electron chi connectivity index (χ1n) is 4.12. The molecule has 0 spiro atoms. The maximum atomic E-state index is 11.1. The third kappa shape index (κ3) is 1.16. The first-order chi connectivity index (χ1) is 5.77. The molecule has 3 N–H and O–H groups in total. The zero-order valence-corrected chi connectivity index (χ0v) is 6.59. The monoisotopic (exact) mass is 169 g/mol. The molecule has 5 nitrogen and oxygen atoms in total. The van der Waals surface area contributed by atoms with Crippen molar-refractivity contribution in [2.24, 2.45) is 0 Å². The topological polar surface area (TPSA) is 70.2 Å². The molecule has 66 valence electrons. The first kappa shape index (κ1) is 7.54. The maximum absolute atomic E-state index is 11.1. The van der Waals surface area contributed by atoms with E-state index in [2.05, 4.69) is 16.0 Å². The van der Waals surface area contributed by atoms with Gasteiger partial charge in [0.15, 0.2) is 0 Å². The lowest BCUT2D eigenvalue weighted by atomic mass is 10.1. The van der Waals surface area contributed by atoms with Crippen molar-refractivity contribution < 1.29 is 9.59 Å². The Morgan fingerprint density at radius 3 is 2.67 bits per heavy atom. The van der Waals surface area contributed by atoms with Crippen LogP contribution in [0.15, 0.2) is 0 Å². The molecule has 2 saturated heterocycles. The molecule has 2 rings (SSSR count). The fourth-order valence-corrected chi connectivity index (χ4v) is 1.71. The van der Waals surface area contributed by atoms with Crippen molar-refractivity contribution in [1.29, 1.82) is 0 Å². The van der Waals surface area contributed by atoms with Gasteiger partial charge in [0.1, 0.15) is 6.04 Å². The van der Waals surface area contributed by atoms with Gasteiger partial charge in [-0.1, -0.05) is 0 Å². The summed E-state index contributed by atoms with van der Waals surface area (Å²) in [5.41, 5.74) is 0. The van der Waals surface area contributed by atoms with Gasteiger partial charge in [0, 0.05) is 6.04 Å². The highest BCUT2D eigenvalue weighted by molar-refractivity contribution is 6.04. The third-order valence-electron chi connectivity index (χ3n) is 2.31. The highest BCUT2D eigenvalue weighted by Crippen LogP contribution is 2.11. The van der Waals surface area contributed by atoms with E-state index in [1.54, 1.807) is 0 Å². The molecule has 0 aromatic carbocycles. The minimum Gasteiger partial charge on any atom is -0.324 e. The molecule has 0 unspecified atom stereocenters. The summed E-state index contributed by atoms with van der Waals surface area (Å²) in [7, 11) is 0. The van der Waals surface area contributed by atoms with Crippen molar-refractivity contribution in [3.8, 4) is 0 Å². The number of carbonyl (C=O) groups excluding carboxylic acids is 2. The maximum Gasteiger partial charge on any atom is 0.322 e. The van der Waals surface area contributed by atoms with Crippen LogP contribution in [0.4, 0.5) is 4.79 Å². The number of carbonyl (C=O) groups is 2. The largest absolute Gasteiger partial charge is 0.324 e. The van der Waals surface area contributed by atoms with Crippen LogP contribution in [0.1, 0.15) is 12.8 Å². The third-order valence-corrected chi connectivity index (χ3v) is 2.31. The lowest BCUT2D eigenvalue weighted by Crippen LogP contribution is -2.45. The van der Waals surface area contributed by atoms with Crippen molar-refractivity contribution in [3.63, 3.8) is 0 Å². The summed E-state index contributed by atoms with van der Waals surface area (Å²) in [5.74, 6) is -0.209. The van der Waals surface area contributed by atoms with Crippen LogP contribution < -0.4 is 16.0 Å². The second-order valence-electron chi connectivity index (χ2n) is 3.14. The first-order valence-corrected chi connectivity index (χ1v) is 4.12. The standard InChI is InChI=1S/C7H11N3O2/c11-6-5(9-7(12)10-6)4-2-1-3-8-4/h4-5,8H,1-3H2,(H2,9,10,11,12)/t4-,5+/m0/s1. The van der Waals surface area contributed by atoms with E-state index in [-0.39, 0.29) is 24.0 Å². The Hall–Kier alpha value is -1.10. The van der Waals surface area contributed by atoms with Gasteiger partial charge in [-0.3, -0.25) is 10.1 Å². The molecule has 0 aliphatic carbocycles. The zero-order chi connectivity index (χ0) is 8.55. The fourth-order valence-electron chi connectivity index (χ4n) is 1.71. The Morgan fingerprint density at radius 1 is 1.33 bits per heavy atom. The number of amides is 3. The summed E-state index contributed by atoms with van der Waals surface area (Å²) in [5, 5.41) is 7.97. The van der Waals surface area contributed by atoms with Gasteiger partial charge in [-0.15, -0.1) is 0 Å². The summed E-state index contributed by atoms with van der Waals surface area (Å²) >= 11 is 0. The number of hydrogen-bond donors (Lipinski definition) is 3. The summed E-state index contributed by atoms with van der Waals surface area (Å²) < 4.78 is 0. The molecule has 0 radical (unpaired) electrons. The van der Waals surface area contributed by atoms with Gasteiger partial charge in [-0.25, -0.2) is 4.79 Å². The van der Waals surface area contributed by atoms with Gasteiger partial charge in [-0.05, 0) is 19.4 Å². The van der Waals surface area contributed by atoms with Crippen molar-refractivity contribution in [3.05, 3.63) is 0 Å². The lowest BCUT2D eigenvalue weighted by Gasteiger charge is -2.14. The number of imide groups is 1. The van der Waals surface area contributed by atoms with Crippen molar-refractivity contribution in [1.82, 2.24) is 16.0 Å². The minimum atomic E-state index is -0.376. The Balaban J connectivity index is 2.03. The van der Waals surface area contributed by atoms with Gasteiger partial charge in [-0.2, -0.15) is 0 Å². The summed E-state index contributed by atoms with van der Waals surface area (Å²) in [6, 6.07) is -0.616. The van der Waals surface area contributed by atoms with Crippen molar-refractivity contribution in [2.45, 2.75) is 24.9 Å². The minimum absolute atomic E-state index is 0.122. The predicted molar refractivity (Wildman–Crippen MR) is 41.5 cm³/mol. The zero-order valence-electron chi connectivity index (χ0n) is 6.59. The van der Waals surface area contributed by atoms with Crippen LogP contribution in [0.25, 0.3) is 0 Å². The Kier molecular flexibility index (Phi) is 1.73. The molecule has 5 heteroatoms. The van der Waals surface area contributed by atoms with Gasteiger partial charge < -0.3 is 10.6 Å². The van der Waals surface area contributed by atoms with Gasteiger partial charge in [0.2, 0.25) is 0 Å². The SMILES string of the molecule is O=C1NC(=O)[C@@H]([C@@H]2CCCN2)N1. The average molecular weight is 169 g/mol. The van der Waals surface area contributed by atoms with Crippen LogP contribution in [-0.4, -0.2) is 30.6 Å². The number of urea groups is 1. The van der Waals surface area contributed by atoms with Gasteiger partial charge >= 0.3 is 6.03 Å². The van der Waals surface area contributed by atoms with Crippen LogP contribution in [0, 0.1) is 0 Å². The second kappa shape index (κ2) is 2.75. The average Bonchev–Trinajstić information content (AvgIpc) is 2.58. The highest BCUT2D eigenvalue weighted by Gasteiger charge is 2.37. The van der Waals surface area contributed by atoms with Crippen molar-refractivity contribution >= 4 is 11.9 Å². The molecule has 2 heterocycles. The molecule has 0 bridgehead atoms. The summed E-state index contributed by atoms with van der Waals surface area (Å²) in [6.07, 6.45) is 2.03. The lowest BCUT2D eigenvalue weighted by molar-refractivity contribution is -0.120. The molecule has 2 aliphatic heterocycles. The summed E-state index contributed by atoms with van der Waals surface area (Å²) in [6.45, 7) is 0.935. The molecule has 0 saturated carbocycles. The molecule has 2 atom stereocenters. The van der Waals surface area contributed by atoms with Crippen LogP contribution in [0.3, 0.4) is 0 Å². The second-order valence-corrected chi connectivity index (χ2v) is 3.14. The van der Waals surface area contributed by atoms with Crippen LogP contribution in [-0.2, 0) is 4.79 Å². The molecule has 0 aromatic rings. The Bertz CT molecular complexity index is 223. The van der Waals surface area contributed by atoms with E-state index in [0.29, 0.717) is 0 Å². The molecular weight excluding hydrogens is 158 g/mol. The Labute approximate surface area is 69.9 Å². The molecule has 2 fully saturated rings. The van der Waals surface area contributed by atoms with Crippen LogP contribution in [0.5, 0.6) is 0 Å². The van der Waals surface area contributed by atoms with Gasteiger partial charge in [0.05, 0.1) is 0 Å². The van der Waals surface area contributed by atoms with E-state index in [1.807, 2.05) is 0 Å². The van der Waals surface area contributed by atoms with Crippen LogP contribution in [0.2, 0.25) is 0 Å². The van der Waals surface area contributed by atoms with E-state index in [9.17, 15) is 9.59 Å². The number of rotatable bonds is 1. The normalized spacial score (nSPS) is 35.0. The Morgan fingerprint density at radius 2 is 2.17 bits per heavy atom. The number of nitrogens with one attached hydrogen (secondary N) is 3. The number of hydrogen-bond acceptors (Lipinski definition) is 3. The molecule has 2 aliphatic rings. The van der Waals surface area contributed by atoms with Crippen molar-refractivity contribution in [2.75, 3.05) is 6.54 Å². The van der Waals surface area contributed by atoms with E-state index in [4.69, 9.17) is 0 Å². The molecule has 3 amide bonds. The molecular formula is C7H11N3O2. The molecule has 0 aromatic heterocycles. The smallest absolute Gasteiger partial charge is 0.322 e. The van der Waals surface area contributed by atoms with Crippen LogP contribution >= 0.6 is 0 Å². The highest BCUT2D eigenvalue weighted by atomic mass is 16.2. The fraction of sp³-hybridized carbons (Fsp3) is 0.714. The molecule has 12 heavy (non-hydrogen) atoms. The predicted octanol–water partition coefficient (Wildman–Crippen LogP) is -1.05. The van der Waals surface area contributed by atoms with E-state index in [0.717, 1.165) is 19.4 Å². The van der Waals surface area contributed by atoms with E-state index >= 15 is 0 Å².